The van der Waals surface area contributed by atoms with Crippen LogP contribution >= 0.6 is 23.2 Å². The summed E-state index contributed by atoms with van der Waals surface area (Å²) in [5.74, 6) is -0.239. The zero-order valence-corrected chi connectivity index (χ0v) is 19.9. The molecule has 1 heterocycles. The van der Waals surface area contributed by atoms with Crippen LogP contribution in [0.4, 0.5) is 11.4 Å². The summed E-state index contributed by atoms with van der Waals surface area (Å²) in [5, 5.41) is 14.5. The van der Waals surface area contributed by atoms with Gasteiger partial charge in [-0.15, -0.1) is 0 Å². The molecule has 4 aromatic rings. The summed E-state index contributed by atoms with van der Waals surface area (Å²) >= 11 is 12.3. The monoisotopic (exact) mass is 489 g/mol. The van der Waals surface area contributed by atoms with Crippen molar-refractivity contribution in [1.82, 2.24) is 4.98 Å². The summed E-state index contributed by atoms with van der Waals surface area (Å²) in [7, 11) is 0. The average molecular weight is 490 g/mol. The van der Waals surface area contributed by atoms with Crippen molar-refractivity contribution in [2.75, 3.05) is 5.32 Å². The van der Waals surface area contributed by atoms with Crippen LogP contribution in [0.15, 0.2) is 59.7 Å². The van der Waals surface area contributed by atoms with Crippen molar-refractivity contribution in [3.8, 4) is 16.9 Å². The zero-order chi connectivity index (χ0) is 24.0. The maximum Gasteiger partial charge on any atom is 0.163 e. The van der Waals surface area contributed by atoms with Gasteiger partial charge in [-0.05, 0) is 85.1 Å². The standard InChI is InChI=1S/C27H21Cl2N3O2/c1-14(33)21-13-31-25-8-3-15(17-11-22(28)27(34)23(29)12-17)10-20(25)26(21)32-18-5-6-19-16(9-18)4-7-24(19)30-2/h3,5-6,8-13,24,34H,2,4,7H2,1H3,(H,31,32). The lowest BCUT2D eigenvalue weighted by Crippen LogP contribution is -2.03. The van der Waals surface area contributed by atoms with E-state index < -0.39 is 0 Å². The fourth-order valence-electron chi connectivity index (χ4n) is 4.51. The maximum atomic E-state index is 12.5. The molecule has 0 bridgehead atoms. The number of nitrogens with zero attached hydrogens (tertiary/aromatic N) is 2. The van der Waals surface area contributed by atoms with Gasteiger partial charge in [-0.2, -0.15) is 0 Å². The smallest absolute Gasteiger partial charge is 0.163 e. The first-order valence-electron chi connectivity index (χ1n) is 10.8. The highest BCUT2D eigenvalue weighted by atomic mass is 35.5. The van der Waals surface area contributed by atoms with E-state index in [4.69, 9.17) is 23.2 Å². The molecule has 1 atom stereocenters. The summed E-state index contributed by atoms with van der Waals surface area (Å²) < 4.78 is 0. The van der Waals surface area contributed by atoms with Crippen LogP contribution in [0.5, 0.6) is 5.75 Å². The third-order valence-electron chi connectivity index (χ3n) is 6.28. The highest BCUT2D eigenvalue weighted by molar-refractivity contribution is 6.37. The van der Waals surface area contributed by atoms with E-state index in [1.54, 1.807) is 18.3 Å². The summed E-state index contributed by atoms with van der Waals surface area (Å²) in [6.07, 6.45) is 3.50. The molecule has 170 valence electrons. The Kier molecular flexibility index (Phi) is 5.76. The number of nitrogens with one attached hydrogen (secondary N) is 1. The molecule has 0 fully saturated rings. The second kappa shape index (κ2) is 8.75. The van der Waals surface area contributed by atoms with Crippen LogP contribution in [-0.2, 0) is 6.42 Å². The average Bonchev–Trinajstić information content (AvgIpc) is 3.24. The Hall–Kier alpha value is -3.41. The fourth-order valence-corrected chi connectivity index (χ4v) is 5.00. The van der Waals surface area contributed by atoms with Crippen LogP contribution in [0.1, 0.15) is 40.9 Å². The van der Waals surface area contributed by atoms with Gasteiger partial charge in [-0.25, -0.2) is 0 Å². The molecule has 1 aliphatic carbocycles. The number of anilines is 2. The van der Waals surface area contributed by atoms with Crippen molar-refractivity contribution in [2.45, 2.75) is 25.8 Å². The third-order valence-corrected chi connectivity index (χ3v) is 6.85. The molecule has 5 nitrogen and oxygen atoms in total. The van der Waals surface area contributed by atoms with Crippen LogP contribution in [0, 0.1) is 0 Å². The Morgan fingerprint density at radius 2 is 1.88 bits per heavy atom. The number of rotatable bonds is 5. The number of Topliss-reactive ketones (excluding diaryl/α,β-unsaturated/α-hetero) is 1. The lowest BCUT2D eigenvalue weighted by Gasteiger charge is -2.16. The molecule has 5 rings (SSSR count). The van der Waals surface area contributed by atoms with Crippen LogP contribution < -0.4 is 5.32 Å². The molecule has 0 aliphatic heterocycles. The number of phenols is 1. The van der Waals surface area contributed by atoms with Crippen molar-refractivity contribution >= 4 is 58.0 Å². The zero-order valence-electron chi connectivity index (χ0n) is 18.4. The predicted octanol–water partition coefficient (Wildman–Crippen LogP) is 7.55. The minimum Gasteiger partial charge on any atom is -0.505 e. The van der Waals surface area contributed by atoms with E-state index in [1.165, 1.54) is 18.1 Å². The number of fused-ring (bicyclic) bond motifs is 2. The SMILES string of the molecule is C=NC1CCc2cc(Nc3c(C(C)=O)cnc4ccc(-c5cc(Cl)c(O)c(Cl)c5)cc34)ccc21. The first-order valence-corrected chi connectivity index (χ1v) is 11.6. The first-order chi connectivity index (χ1) is 16.4. The quantitative estimate of drug-likeness (QED) is 0.224. The summed E-state index contributed by atoms with van der Waals surface area (Å²) in [6, 6.07) is 15.4. The van der Waals surface area contributed by atoms with Gasteiger partial charge in [-0.1, -0.05) is 35.3 Å². The lowest BCUT2D eigenvalue weighted by molar-refractivity contribution is 0.101. The molecular weight excluding hydrogens is 469 g/mol. The van der Waals surface area contributed by atoms with Crippen LogP contribution in [0.3, 0.4) is 0 Å². The topological polar surface area (TPSA) is 74.6 Å². The van der Waals surface area contributed by atoms with Crippen LogP contribution in [0.25, 0.3) is 22.0 Å². The molecule has 0 spiro atoms. The Bertz CT molecular complexity index is 1460. The number of hydrogen-bond acceptors (Lipinski definition) is 5. The normalized spacial score (nSPS) is 14.7. The van der Waals surface area contributed by atoms with E-state index in [1.807, 2.05) is 24.3 Å². The van der Waals surface area contributed by atoms with Crippen molar-refractivity contribution < 1.29 is 9.90 Å². The Morgan fingerprint density at radius 1 is 1.12 bits per heavy atom. The molecule has 1 aliphatic rings. The number of carbonyl (C=O) groups excluding carboxylic acids is 1. The van der Waals surface area contributed by atoms with Gasteiger partial charge in [0.05, 0.1) is 32.9 Å². The molecule has 0 saturated carbocycles. The van der Waals surface area contributed by atoms with Crippen molar-refractivity contribution in [1.29, 1.82) is 0 Å². The number of phenolic OH excluding ortho intramolecular Hbond substituents is 1. The molecule has 0 radical (unpaired) electrons. The van der Waals surface area contributed by atoms with E-state index in [-0.39, 0.29) is 27.6 Å². The number of aryl methyl sites for hydroxylation is 1. The summed E-state index contributed by atoms with van der Waals surface area (Å²) in [4.78, 5) is 21.2. The largest absolute Gasteiger partial charge is 0.505 e. The van der Waals surface area contributed by atoms with Gasteiger partial charge < -0.3 is 10.4 Å². The van der Waals surface area contributed by atoms with E-state index in [0.717, 1.165) is 40.6 Å². The molecule has 1 aromatic heterocycles. The number of pyridine rings is 1. The van der Waals surface area contributed by atoms with Gasteiger partial charge in [0.2, 0.25) is 0 Å². The number of aliphatic imine (C=N–C) groups is 1. The van der Waals surface area contributed by atoms with Crippen LogP contribution in [0.2, 0.25) is 10.0 Å². The number of hydrogen-bond donors (Lipinski definition) is 2. The minimum absolute atomic E-state index is 0.0879. The second-order valence-corrected chi connectivity index (χ2v) is 9.21. The predicted molar refractivity (Wildman–Crippen MR) is 139 cm³/mol. The van der Waals surface area contributed by atoms with Crippen molar-refractivity contribution in [2.24, 2.45) is 4.99 Å². The van der Waals surface area contributed by atoms with Gasteiger partial charge >= 0.3 is 0 Å². The van der Waals surface area contributed by atoms with E-state index >= 15 is 0 Å². The van der Waals surface area contributed by atoms with Crippen molar-refractivity contribution in [3.05, 3.63) is 81.5 Å². The molecule has 2 N–H and O–H groups in total. The maximum absolute atomic E-state index is 12.5. The fraction of sp³-hybridized carbons (Fsp3) is 0.148. The van der Waals surface area contributed by atoms with Crippen LogP contribution in [-0.4, -0.2) is 22.6 Å². The molecule has 34 heavy (non-hydrogen) atoms. The summed E-state index contributed by atoms with van der Waals surface area (Å²) in [5.41, 5.74) is 6.83. The van der Waals surface area contributed by atoms with E-state index in [0.29, 0.717) is 11.3 Å². The molecule has 3 aromatic carbocycles. The number of ketones is 1. The number of halogens is 2. The molecule has 0 saturated heterocycles. The Morgan fingerprint density at radius 3 is 2.59 bits per heavy atom. The number of benzene rings is 3. The number of carbonyl (C=O) groups is 1. The van der Waals surface area contributed by atoms with E-state index in [2.05, 4.69) is 34.1 Å². The second-order valence-electron chi connectivity index (χ2n) is 8.40. The van der Waals surface area contributed by atoms with Crippen molar-refractivity contribution in [3.63, 3.8) is 0 Å². The first kappa shape index (κ1) is 22.4. The Balaban J connectivity index is 1.64. The molecule has 0 amide bonds. The van der Waals surface area contributed by atoms with Gasteiger partial charge in [-0.3, -0.25) is 14.8 Å². The molecule has 1 unspecified atom stereocenters. The van der Waals surface area contributed by atoms with Gasteiger partial charge in [0.15, 0.2) is 11.5 Å². The van der Waals surface area contributed by atoms with Gasteiger partial charge in [0, 0.05) is 17.3 Å². The highest BCUT2D eigenvalue weighted by Crippen LogP contribution is 2.40. The number of aromatic nitrogens is 1. The van der Waals surface area contributed by atoms with Gasteiger partial charge in [0.1, 0.15) is 0 Å². The number of aromatic hydroxyl groups is 1. The lowest BCUT2D eigenvalue weighted by atomic mass is 10.00. The molecule has 7 heteroatoms. The third kappa shape index (κ3) is 3.91. The van der Waals surface area contributed by atoms with Gasteiger partial charge in [0.25, 0.3) is 0 Å². The molecular formula is C27H21Cl2N3O2. The van der Waals surface area contributed by atoms with E-state index in [9.17, 15) is 9.90 Å². The summed E-state index contributed by atoms with van der Waals surface area (Å²) in [6.45, 7) is 5.23. The highest BCUT2D eigenvalue weighted by Gasteiger charge is 2.22. The Labute approximate surface area is 207 Å². The minimum atomic E-state index is -0.152.